The van der Waals surface area contributed by atoms with Crippen LogP contribution in [0.5, 0.6) is 0 Å². The lowest BCUT2D eigenvalue weighted by atomic mass is 9.95. The van der Waals surface area contributed by atoms with Crippen LogP contribution in [-0.4, -0.2) is 6.04 Å². The van der Waals surface area contributed by atoms with E-state index >= 15 is 0 Å². The second-order valence-corrected chi connectivity index (χ2v) is 12.1. The van der Waals surface area contributed by atoms with Crippen LogP contribution >= 0.6 is 0 Å². The second kappa shape index (κ2) is 10.9. The molecule has 1 heterocycles. The largest absolute Gasteiger partial charge is 0.333 e. The van der Waals surface area contributed by atoms with Crippen LogP contribution in [0, 0.1) is 0 Å². The molecule has 2 heteroatoms. The van der Waals surface area contributed by atoms with Gasteiger partial charge in [0.2, 0.25) is 0 Å². The summed E-state index contributed by atoms with van der Waals surface area (Å²) < 4.78 is 0. The molecule has 7 aromatic rings. The molecule has 2 aliphatic rings. The van der Waals surface area contributed by atoms with Crippen LogP contribution in [0.4, 0.5) is 28.4 Å². The summed E-state index contributed by atoms with van der Waals surface area (Å²) in [5.41, 5.74) is 11.1. The van der Waals surface area contributed by atoms with Crippen LogP contribution < -0.4 is 9.80 Å². The van der Waals surface area contributed by atoms with Gasteiger partial charge in [0, 0.05) is 28.0 Å². The predicted octanol–water partition coefficient (Wildman–Crippen LogP) is 12.0. The Kier molecular flexibility index (Phi) is 6.31. The number of para-hydroxylation sites is 1. The smallest absolute Gasteiger partial charge is 0.0632 e. The summed E-state index contributed by atoms with van der Waals surface area (Å²) in [5, 5.41) is 5.01. The predicted molar refractivity (Wildman–Crippen MR) is 196 cm³/mol. The van der Waals surface area contributed by atoms with Gasteiger partial charge in [0.15, 0.2) is 0 Å². The summed E-state index contributed by atoms with van der Waals surface area (Å²) in [6.07, 6.45) is 7.79. The van der Waals surface area contributed by atoms with Gasteiger partial charge in [0.1, 0.15) is 0 Å². The van der Waals surface area contributed by atoms with Crippen molar-refractivity contribution >= 4 is 55.6 Å². The minimum atomic E-state index is 0.268. The van der Waals surface area contributed by atoms with Crippen molar-refractivity contribution in [1.82, 2.24) is 0 Å². The van der Waals surface area contributed by atoms with Gasteiger partial charge in [-0.1, -0.05) is 133 Å². The van der Waals surface area contributed by atoms with E-state index in [1.807, 2.05) is 0 Å². The van der Waals surface area contributed by atoms with Crippen molar-refractivity contribution in [3.63, 3.8) is 0 Å². The third-order valence-corrected chi connectivity index (χ3v) is 9.51. The summed E-state index contributed by atoms with van der Waals surface area (Å²) in [4.78, 5) is 4.98. The normalized spacial score (nSPS) is 15.1. The lowest BCUT2D eigenvalue weighted by Crippen LogP contribution is -2.27. The summed E-state index contributed by atoms with van der Waals surface area (Å²) in [7, 11) is 0. The van der Waals surface area contributed by atoms with E-state index < -0.39 is 0 Å². The molecule has 1 aliphatic carbocycles. The fourth-order valence-electron chi connectivity index (χ4n) is 7.39. The molecule has 218 valence electrons. The van der Waals surface area contributed by atoms with Crippen LogP contribution in [0.25, 0.3) is 38.2 Å². The standard InChI is InChI=1S/C44H32N2/c1-3-13-31(14-4-1)32-23-25-35(26-24-32)46-42-22-12-11-21-40(42)41-28-27-36(30-44(41)46)45(34-16-5-2-6-17-34)43-29-33-15-7-8-18-37(33)38-19-9-10-20-39(38)43/h1-21,23-30,42H,22H2. The Bertz CT molecular complexity index is 2280. The molecular weight excluding hydrogens is 556 g/mol. The van der Waals surface area contributed by atoms with Crippen LogP contribution in [-0.2, 0) is 0 Å². The van der Waals surface area contributed by atoms with E-state index in [2.05, 4.69) is 186 Å². The topological polar surface area (TPSA) is 6.48 Å². The molecule has 0 radical (unpaired) electrons. The van der Waals surface area contributed by atoms with Crippen LogP contribution in [0.2, 0.25) is 0 Å². The highest BCUT2D eigenvalue weighted by Crippen LogP contribution is 2.50. The molecule has 0 N–H and O–H groups in total. The molecule has 2 nitrogen and oxygen atoms in total. The molecule has 0 saturated heterocycles. The third-order valence-electron chi connectivity index (χ3n) is 9.51. The Hall–Kier alpha value is -5.86. The zero-order valence-electron chi connectivity index (χ0n) is 25.4. The Balaban J connectivity index is 1.23. The zero-order chi connectivity index (χ0) is 30.5. The molecule has 46 heavy (non-hydrogen) atoms. The van der Waals surface area contributed by atoms with Gasteiger partial charge in [-0.05, 0) is 81.7 Å². The van der Waals surface area contributed by atoms with Crippen molar-refractivity contribution in [2.45, 2.75) is 12.5 Å². The minimum Gasteiger partial charge on any atom is -0.333 e. The Labute approximate surface area is 269 Å². The number of allylic oxidation sites excluding steroid dienone is 2. The highest BCUT2D eigenvalue weighted by Gasteiger charge is 2.35. The Morgan fingerprint density at radius 2 is 1.22 bits per heavy atom. The summed E-state index contributed by atoms with van der Waals surface area (Å²) in [5.74, 6) is 0. The number of benzene rings is 7. The summed E-state index contributed by atoms with van der Waals surface area (Å²) in [6, 6.07) is 57.6. The summed E-state index contributed by atoms with van der Waals surface area (Å²) in [6.45, 7) is 0. The molecule has 0 saturated carbocycles. The molecule has 1 aliphatic heterocycles. The Morgan fingerprint density at radius 3 is 2.02 bits per heavy atom. The van der Waals surface area contributed by atoms with Gasteiger partial charge >= 0.3 is 0 Å². The maximum Gasteiger partial charge on any atom is 0.0632 e. The SMILES string of the molecule is C1=CCC2C(=C1)c1ccc(N(c3ccccc3)c3cc4ccccc4c4ccccc34)cc1N2c1ccc(-c2ccccc2)cc1. The van der Waals surface area contributed by atoms with E-state index in [1.54, 1.807) is 0 Å². The van der Waals surface area contributed by atoms with Crippen LogP contribution in [0.15, 0.2) is 176 Å². The van der Waals surface area contributed by atoms with Gasteiger partial charge in [-0.2, -0.15) is 0 Å². The van der Waals surface area contributed by atoms with Gasteiger partial charge in [-0.25, -0.2) is 0 Å². The number of hydrogen-bond donors (Lipinski definition) is 0. The van der Waals surface area contributed by atoms with E-state index in [1.165, 1.54) is 60.9 Å². The van der Waals surface area contributed by atoms with E-state index in [0.717, 1.165) is 17.8 Å². The van der Waals surface area contributed by atoms with Gasteiger partial charge in [-0.3, -0.25) is 0 Å². The third kappa shape index (κ3) is 4.34. The molecule has 0 fully saturated rings. The highest BCUT2D eigenvalue weighted by molar-refractivity contribution is 6.14. The molecule has 7 aromatic carbocycles. The number of fused-ring (bicyclic) bond motifs is 6. The van der Waals surface area contributed by atoms with E-state index in [9.17, 15) is 0 Å². The van der Waals surface area contributed by atoms with Gasteiger partial charge < -0.3 is 9.80 Å². The van der Waals surface area contributed by atoms with E-state index in [0.29, 0.717) is 0 Å². The molecule has 0 spiro atoms. The average molecular weight is 589 g/mol. The maximum absolute atomic E-state index is 2.55. The lowest BCUT2D eigenvalue weighted by Gasteiger charge is -2.30. The van der Waals surface area contributed by atoms with Gasteiger partial charge in [-0.15, -0.1) is 0 Å². The zero-order valence-corrected chi connectivity index (χ0v) is 25.4. The van der Waals surface area contributed by atoms with Crippen molar-refractivity contribution < 1.29 is 0 Å². The highest BCUT2D eigenvalue weighted by atomic mass is 15.2. The number of anilines is 5. The maximum atomic E-state index is 2.55. The molecule has 9 rings (SSSR count). The van der Waals surface area contributed by atoms with Crippen LogP contribution in [0.3, 0.4) is 0 Å². The fraction of sp³-hybridized carbons (Fsp3) is 0.0455. The van der Waals surface area contributed by atoms with Gasteiger partial charge in [0.05, 0.1) is 17.4 Å². The number of rotatable bonds is 5. The summed E-state index contributed by atoms with van der Waals surface area (Å²) >= 11 is 0. The first-order valence-electron chi connectivity index (χ1n) is 16.0. The molecule has 0 bridgehead atoms. The van der Waals surface area contributed by atoms with Crippen molar-refractivity contribution in [1.29, 1.82) is 0 Å². The minimum absolute atomic E-state index is 0.268. The van der Waals surface area contributed by atoms with Crippen molar-refractivity contribution in [2.24, 2.45) is 0 Å². The van der Waals surface area contributed by atoms with Crippen molar-refractivity contribution in [3.05, 3.63) is 182 Å². The number of hydrogen-bond acceptors (Lipinski definition) is 2. The molecular formula is C44H32N2. The first-order valence-corrected chi connectivity index (χ1v) is 16.0. The van der Waals surface area contributed by atoms with Crippen molar-refractivity contribution in [3.8, 4) is 11.1 Å². The first kappa shape index (κ1) is 26.5. The molecule has 0 amide bonds. The lowest BCUT2D eigenvalue weighted by molar-refractivity contribution is 0.829. The monoisotopic (exact) mass is 588 g/mol. The molecule has 1 atom stereocenters. The average Bonchev–Trinajstić information content (AvgIpc) is 3.46. The van der Waals surface area contributed by atoms with E-state index in [4.69, 9.17) is 0 Å². The van der Waals surface area contributed by atoms with Crippen molar-refractivity contribution in [2.75, 3.05) is 9.80 Å². The Morgan fingerprint density at radius 1 is 0.543 bits per heavy atom. The second-order valence-electron chi connectivity index (χ2n) is 12.1. The quantitative estimate of drug-likeness (QED) is 0.185. The van der Waals surface area contributed by atoms with E-state index in [-0.39, 0.29) is 6.04 Å². The molecule has 1 unspecified atom stereocenters. The van der Waals surface area contributed by atoms with Crippen LogP contribution in [0.1, 0.15) is 12.0 Å². The number of nitrogens with zero attached hydrogens (tertiary/aromatic N) is 2. The fourth-order valence-corrected chi connectivity index (χ4v) is 7.39. The first-order chi connectivity index (χ1) is 22.8. The molecule has 0 aromatic heterocycles. The van der Waals surface area contributed by atoms with Gasteiger partial charge in [0.25, 0.3) is 0 Å².